The first-order valence-corrected chi connectivity index (χ1v) is 7.25. The summed E-state index contributed by atoms with van der Waals surface area (Å²) in [4.78, 5) is 0. The number of allylic oxidation sites excluding steroid dienone is 1. The molecule has 19 heavy (non-hydrogen) atoms. The van der Waals surface area contributed by atoms with Gasteiger partial charge in [-0.3, -0.25) is 0 Å². The Hall–Kier alpha value is -1.44. The van der Waals surface area contributed by atoms with Crippen molar-refractivity contribution >= 4 is 5.57 Å². The van der Waals surface area contributed by atoms with Crippen LogP contribution in [0.3, 0.4) is 0 Å². The lowest BCUT2D eigenvalue weighted by Crippen LogP contribution is -2.12. The van der Waals surface area contributed by atoms with Crippen LogP contribution in [0.1, 0.15) is 57.6 Å². The van der Waals surface area contributed by atoms with Gasteiger partial charge in [0, 0.05) is 7.05 Å². The van der Waals surface area contributed by atoms with Crippen molar-refractivity contribution in [1.29, 1.82) is 0 Å². The van der Waals surface area contributed by atoms with Gasteiger partial charge in [-0.25, -0.2) is 0 Å². The maximum absolute atomic E-state index is 5.65. The average Bonchev–Trinajstić information content (AvgIpc) is 2.40. The summed E-state index contributed by atoms with van der Waals surface area (Å²) in [7, 11) is 1.92. The fourth-order valence-electron chi connectivity index (χ4n) is 2.11. The molecule has 1 aromatic carbocycles. The highest BCUT2D eigenvalue weighted by atomic mass is 16.5. The zero-order valence-electron chi connectivity index (χ0n) is 12.9. The largest absolute Gasteiger partial charge is 0.493 e. The van der Waals surface area contributed by atoms with Crippen LogP contribution in [0.4, 0.5) is 0 Å². The third-order valence-corrected chi connectivity index (χ3v) is 3.17. The summed E-state index contributed by atoms with van der Waals surface area (Å²) in [5.41, 5.74) is 3.86. The van der Waals surface area contributed by atoms with E-state index >= 15 is 0 Å². The van der Waals surface area contributed by atoms with Gasteiger partial charge >= 0.3 is 0 Å². The quantitative estimate of drug-likeness (QED) is 0.842. The van der Waals surface area contributed by atoms with E-state index in [1.54, 1.807) is 0 Å². The average molecular weight is 261 g/mol. The van der Waals surface area contributed by atoms with Gasteiger partial charge < -0.3 is 10.1 Å². The number of rotatable bonds is 2. The van der Waals surface area contributed by atoms with Crippen LogP contribution in [0.2, 0.25) is 0 Å². The minimum absolute atomic E-state index is 0.603. The molecule has 1 N–H and O–H groups in total. The molecule has 0 spiro atoms. The second-order valence-electron chi connectivity index (χ2n) is 5.11. The highest BCUT2D eigenvalue weighted by Crippen LogP contribution is 2.35. The standard InChI is InChI=1S/C14H19NO.C3H8/c1-10-6-7-16-14-5-4-12(8-13(10)14)11(2)9-15-3;1-3-2/h4-5,8-10,15H,6-7H2,1-3H3;3H2,1-2H3/b11-9+;. The van der Waals surface area contributed by atoms with Gasteiger partial charge in [-0.2, -0.15) is 0 Å². The summed E-state index contributed by atoms with van der Waals surface area (Å²) in [5, 5.41) is 3.06. The molecule has 1 aliphatic heterocycles. The molecule has 1 aliphatic rings. The highest BCUT2D eigenvalue weighted by molar-refractivity contribution is 5.65. The molecule has 0 saturated carbocycles. The van der Waals surface area contributed by atoms with E-state index in [4.69, 9.17) is 4.74 Å². The zero-order valence-corrected chi connectivity index (χ0v) is 12.9. The van der Waals surface area contributed by atoms with Gasteiger partial charge in [0.25, 0.3) is 0 Å². The minimum atomic E-state index is 0.603. The fourth-order valence-corrected chi connectivity index (χ4v) is 2.11. The van der Waals surface area contributed by atoms with Crippen LogP contribution in [0.25, 0.3) is 5.57 Å². The molecule has 0 aliphatic carbocycles. The van der Waals surface area contributed by atoms with Gasteiger partial charge in [-0.15, -0.1) is 0 Å². The van der Waals surface area contributed by atoms with Crippen LogP contribution < -0.4 is 10.1 Å². The molecule has 1 unspecified atom stereocenters. The summed E-state index contributed by atoms with van der Waals surface area (Å²) >= 11 is 0. The fraction of sp³-hybridized carbons (Fsp3) is 0.529. The van der Waals surface area contributed by atoms with Crippen molar-refractivity contribution < 1.29 is 4.74 Å². The molecule has 1 heterocycles. The molecule has 0 amide bonds. The molecule has 0 bridgehead atoms. The van der Waals surface area contributed by atoms with Gasteiger partial charge in [0.15, 0.2) is 0 Å². The summed E-state index contributed by atoms with van der Waals surface area (Å²) in [6.45, 7) is 9.48. The normalized spacial score (nSPS) is 17.7. The van der Waals surface area contributed by atoms with E-state index in [2.05, 4.69) is 51.2 Å². The first kappa shape index (κ1) is 15.6. The van der Waals surface area contributed by atoms with Crippen LogP contribution in [0.15, 0.2) is 24.4 Å². The van der Waals surface area contributed by atoms with E-state index in [0.29, 0.717) is 5.92 Å². The van der Waals surface area contributed by atoms with Crippen molar-refractivity contribution in [2.24, 2.45) is 0 Å². The second kappa shape index (κ2) is 7.88. The Kier molecular flexibility index (Phi) is 6.48. The Morgan fingerprint density at radius 3 is 2.74 bits per heavy atom. The van der Waals surface area contributed by atoms with E-state index in [-0.39, 0.29) is 0 Å². The molecule has 106 valence electrons. The van der Waals surface area contributed by atoms with E-state index in [1.807, 2.05) is 13.2 Å². The Morgan fingerprint density at radius 1 is 1.42 bits per heavy atom. The number of ether oxygens (including phenoxy) is 1. The molecule has 1 aromatic rings. The van der Waals surface area contributed by atoms with Crippen LogP contribution in [0.5, 0.6) is 5.75 Å². The number of nitrogens with one attached hydrogen (secondary N) is 1. The molecule has 0 fully saturated rings. The lowest BCUT2D eigenvalue weighted by molar-refractivity contribution is 0.272. The van der Waals surface area contributed by atoms with Crippen molar-refractivity contribution in [1.82, 2.24) is 5.32 Å². The molecule has 0 saturated heterocycles. The van der Waals surface area contributed by atoms with E-state index in [9.17, 15) is 0 Å². The molecule has 0 radical (unpaired) electrons. The lowest BCUT2D eigenvalue weighted by atomic mass is 9.92. The first-order chi connectivity index (χ1) is 9.13. The van der Waals surface area contributed by atoms with Crippen molar-refractivity contribution in [3.05, 3.63) is 35.5 Å². The van der Waals surface area contributed by atoms with Crippen LogP contribution >= 0.6 is 0 Å². The molecule has 1 atom stereocenters. The Labute approximate surface area is 117 Å². The van der Waals surface area contributed by atoms with Crippen molar-refractivity contribution in [2.45, 2.75) is 46.5 Å². The second-order valence-corrected chi connectivity index (χ2v) is 5.11. The molecule has 2 nitrogen and oxygen atoms in total. The van der Waals surface area contributed by atoms with Gasteiger partial charge in [0.2, 0.25) is 0 Å². The van der Waals surface area contributed by atoms with Gasteiger partial charge in [-0.1, -0.05) is 33.3 Å². The molecule has 2 rings (SSSR count). The summed E-state index contributed by atoms with van der Waals surface area (Å²) < 4.78 is 5.65. The summed E-state index contributed by atoms with van der Waals surface area (Å²) in [5.74, 6) is 1.66. The Bertz CT molecular complexity index is 423. The maximum Gasteiger partial charge on any atom is 0.122 e. The molecule has 0 aromatic heterocycles. The van der Waals surface area contributed by atoms with Crippen LogP contribution in [-0.2, 0) is 0 Å². The third-order valence-electron chi connectivity index (χ3n) is 3.17. The van der Waals surface area contributed by atoms with E-state index in [0.717, 1.165) is 18.8 Å². The smallest absolute Gasteiger partial charge is 0.122 e. The molecular formula is C17H27NO. The van der Waals surface area contributed by atoms with Crippen molar-refractivity contribution in [3.63, 3.8) is 0 Å². The SMILES string of the molecule is CCC.CN/C=C(\C)c1ccc2c(c1)C(C)CCO2. The Balaban J connectivity index is 0.000000550. The number of hydrogen-bond donors (Lipinski definition) is 1. The lowest BCUT2D eigenvalue weighted by Gasteiger charge is -2.23. The topological polar surface area (TPSA) is 21.3 Å². The predicted molar refractivity (Wildman–Crippen MR) is 83.6 cm³/mol. The number of hydrogen-bond acceptors (Lipinski definition) is 2. The highest BCUT2D eigenvalue weighted by Gasteiger charge is 2.17. The third kappa shape index (κ3) is 4.30. The number of benzene rings is 1. The van der Waals surface area contributed by atoms with E-state index in [1.165, 1.54) is 23.1 Å². The van der Waals surface area contributed by atoms with Crippen molar-refractivity contribution in [3.8, 4) is 5.75 Å². The minimum Gasteiger partial charge on any atom is -0.493 e. The van der Waals surface area contributed by atoms with Crippen LogP contribution in [-0.4, -0.2) is 13.7 Å². The summed E-state index contributed by atoms with van der Waals surface area (Å²) in [6.07, 6.45) is 4.39. The molecular weight excluding hydrogens is 234 g/mol. The molecule has 2 heteroatoms. The van der Waals surface area contributed by atoms with Crippen LogP contribution in [0, 0.1) is 0 Å². The Morgan fingerprint density at radius 2 is 2.11 bits per heavy atom. The van der Waals surface area contributed by atoms with Gasteiger partial charge in [0.1, 0.15) is 5.75 Å². The van der Waals surface area contributed by atoms with Gasteiger partial charge in [0.05, 0.1) is 6.61 Å². The zero-order chi connectivity index (χ0) is 14.3. The maximum atomic E-state index is 5.65. The first-order valence-electron chi connectivity index (χ1n) is 7.25. The predicted octanol–water partition coefficient (Wildman–Crippen LogP) is 4.57. The number of fused-ring (bicyclic) bond motifs is 1. The monoisotopic (exact) mass is 261 g/mol. The van der Waals surface area contributed by atoms with Gasteiger partial charge in [-0.05, 0) is 54.3 Å². The summed E-state index contributed by atoms with van der Waals surface area (Å²) in [6, 6.07) is 6.47. The van der Waals surface area contributed by atoms with E-state index < -0.39 is 0 Å². The van der Waals surface area contributed by atoms with Crippen molar-refractivity contribution in [2.75, 3.05) is 13.7 Å².